The van der Waals surface area contributed by atoms with E-state index in [-0.39, 0.29) is 22.9 Å². The molecule has 0 aromatic carbocycles. The van der Waals surface area contributed by atoms with Gasteiger partial charge in [0.1, 0.15) is 0 Å². The van der Waals surface area contributed by atoms with Crippen LogP contribution in [0.25, 0.3) is 0 Å². The van der Waals surface area contributed by atoms with Crippen molar-refractivity contribution in [3.05, 3.63) is 0 Å². The summed E-state index contributed by atoms with van der Waals surface area (Å²) in [4.78, 5) is 11.8. The van der Waals surface area contributed by atoms with E-state index in [1.807, 2.05) is 0 Å². The zero-order chi connectivity index (χ0) is 13.3. The lowest BCUT2D eigenvalue weighted by Gasteiger charge is -2.33. The van der Waals surface area contributed by atoms with E-state index in [0.29, 0.717) is 5.95 Å². The van der Waals surface area contributed by atoms with Gasteiger partial charge in [0.15, 0.2) is 0 Å². The smallest absolute Gasteiger partial charge is 0.229 e. The average molecular weight is 238 g/mol. The molecule has 1 aromatic heterocycles. The van der Waals surface area contributed by atoms with Crippen LogP contribution < -0.4 is 16.8 Å². The second-order valence-electron chi connectivity index (χ2n) is 6.12. The molecule has 0 amide bonds. The van der Waals surface area contributed by atoms with Gasteiger partial charge in [-0.1, -0.05) is 20.8 Å². The van der Waals surface area contributed by atoms with Gasteiger partial charge in [0, 0.05) is 5.54 Å². The summed E-state index contributed by atoms with van der Waals surface area (Å²) >= 11 is 0. The van der Waals surface area contributed by atoms with Gasteiger partial charge in [0.05, 0.1) is 0 Å². The van der Waals surface area contributed by atoms with Gasteiger partial charge >= 0.3 is 0 Å². The van der Waals surface area contributed by atoms with Crippen LogP contribution in [0.5, 0.6) is 0 Å². The van der Waals surface area contributed by atoms with Gasteiger partial charge in [-0.3, -0.25) is 0 Å². The van der Waals surface area contributed by atoms with Crippen LogP contribution in [0.3, 0.4) is 0 Å². The molecule has 96 valence electrons. The van der Waals surface area contributed by atoms with Crippen molar-refractivity contribution in [1.82, 2.24) is 15.0 Å². The van der Waals surface area contributed by atoms with Gasteiger partial charge in [0.25, 0.3) is 0 Å². The zero-order valence-corrected chi connectivity index (χ0v) is 11.2. The number of nitrogen functional groups attached to an aromatic ring is 2. The van der Waals surface area contributed by atoms with E-state index in [4.69, 9.17) is 11.5 Å². The van der Waals surface area contributed by atoms with Crippen LogP contribution >= 0.6 is 0 Å². The number of hydrogen-bond acceptors (Lipinski definition) is 6. The highest BCUT2D eigenvalue weighted by Crippen LogP contribution is 2.28. The monoisotopic (exact) mass is 238 g/mol. The first-order chi connectivity index (χ1) is 7.57. The van der Waals surface area contributed by atoms with Crippen LogP contribution in [-0.2, 0) is 0 Å². The lowest BCUT2D eigenvalue weighted by Crippen LogP contribution is -2.36. The summed E-state index contributed by atoms with van der Waals surface area (Å²) in [5.74, 6) is 0.683. The van der Waals surface area contributed by atoms with Crippen molar-refractivity contribution in [2.24, 2.45) is 5.41 Å². The van der Waals surface area contributed by atoms with Crippen LogP contribution in [0.4, 0.5) is 17.8 Å². The molecule has 0 aliphatic heterocycles. The molecule has 0 fully saturated rings. The number of rotatable bonds is 3. The van der Waals surface area contributed by atoms with E-state index in [9.17, 15) is 0 Å². The van der Waals surface area contributed by atoms with Crippen molar-refractivity contribution in [2.75, 3.05) is 16.8 Å². The Morgan fingerprint density at radius 1 is 0.941 bits per heavy atom. The first kappa shape index (κ1) is 13.5. The minimum atomic E-state index is -0.140. The van der Waals surface area contributed by atoms with E-state index >= 15 is 0 Å². The first-order valence-electron chi connectivity index (χ1n) is 5.63. The molecule has 0 atom stereocenters. The molecule has 17 heavy (non-hydrogen) atoms. The van der Waals surface area contributed by atoms with Gasteiger partial charge < -0.3 is 16.8 Å². The van der Waals surface area contributed by atoms with Crippen LogP contribution in [0.15, 0.2) is 0 Å². The molecule has 1 rings (SSSR count). The highest BCUT2D eigenvalue weighted by Gasteiger charge is 2.26. The van der Waals surface area contributed by atoms with Crippen molar-refractivity contribution in [3.63, 3.8) is 0 Å². The van der Waals surface area contributed by atoms with Crippen LogP contribution in [0.2, 0.25) is 0 Å². The zero-order valence-electron chi connectivity index (χ0n) is 11.2. The van der Waals surface area contributed by atoms with E-state index in [1.54, 1.807) is 0 Å². The van der Waals surface area contributed by atoms with E-state index in [0.717, 1.165) is 6.42 Å². The van der Waals surface area contributed by atoms with Crippen molar-refractivity contribution < 1.29 is 0 Å². The SMILES string of the molecule is CC(C)(C)CC(C)(C)Nc1nc(N)nc(N)n1. The molecular weight excluding hydrogens is 216 g/mol. The Labute approximate surface area is 102 Å². The predicted molar refractivity (Wildman–Crippen MR) is 70.4 cm³/mol. The second-order valence-corrected chi connectivity index (χ2v) is 6.12. The summed E-state index contributed by atoms with van der Waals surface area (Å²) in [5.41, 5.74) is 11.1. The molecule has 1 aromatic rings. The van der Waals surface area contributed by atoms with Crippen molar-refractivity contribution >= 4 is 17.8 Å². The third kappa shape index (κ3) is 4.84. The summed E-state index contributed by atoms with van der Waals surface area (Å²) in [7, 11) is 0. The summed E-state index contributed by atoms with van der Waals surface area (Å²) in [6.07, 6.45) is 0.964. The Morgan fingerprint density at radius 3 is 1.82 bits per heavy atom. The minimum Gasteiger partial charge on any atom is -0.368 e. The molecule has 0 saturated heterocycles. The fourth-order valence-corrected chi connectivity index (χ4v) is 2.14. The quantitative estimate of drug-likeness (QED) is 0.740. The summed E-state index contributed by atoms with van der Waals surface area (Å²) in [6.45, 7) is 10.7. The first-order valence-corrected chi connectivity index (χ1v) is 5.63. The summed E-state index contributed by atoms with van der Waals surface area (Å²) in [6, 6.07) is 0. The normalized spacial score (nSPS) is 12.5. The molecule has 6 heteroatoms. The fraction of sp³-hybridized carbons (Fsp3) is 0.727. The maximum Gasteiger partial charge on any atom is 0.229 e. The van der Waals surface area contributed by atoms with Crippen molar-refractivity contribution in [2.45, 2.75) is 46.6 Å². The third-order valence-electron chi connectivity index (χ3n) is 2.09. The molecule has 0 aliphatic rings. The Morgan fingerprint density at radius 2 is 1.41 bits per heavy atom. The molecule has 0 unspecified atom stereocenters. The average Bonchev–Trinajstić information content (AvgIpc) is 1.93. The molecule has 0 aliphatic carbocycles. The molecule has 0 bridgehead atoms. The molecule has 6 nitrogen and oxygen atoms in total. The maximum absolute atomic E-state index is 5.52. The number of nitrogens with zero attached hydrogens (tertiary/aromatic N) is 3. The third-order valence-corrected chi connectivity index (χ3v) is 2.09. The highest BCUT2D eigenvalue weighted by atomic mass is 15.2. The second kappa shape index (κ2) is 4.35. The molecule has 0 spiro atoms. The lowest BCUT2D eigenvalue weighted by molar-refractivity contribution is 0.301. The summed E-state index contributed by atoms with van der Waals surface area (Å²) < 4.78 is 0. The number of nitrogens with two attached hydrogens (primary N) is 2. The number of aromatic nitrogens is 3. The largest absolute Gasteiger partial charge is 0.368 e. The van der Waals surface area contributed by atoms with Crippen LogP contribution in [-0.4, -0.2) is 20.5 Å². The van der Waals surface area contributed by atoms with Gasteiger partial charge in [-0.15, -0.1) is 0 Å². The Bertz CT molecular complexity index is 373. The molecule has 1 heterocycles. The van der Waals surface area contributed by atoms with E-state index in [1.165, 1.54) is 0 Å². The van der Waals surface area contributed by atoms with Crippen molar-refractivity contribution in [3.8, 4) is 0 Å². The Hall–Kier alpha value is -1.59. The molecular formula is C11H22N6. The molecule has 0 radical (unpaired) electrons. The number of nitrogens with one attached hydrogen (secondary N) is 1. The van der Waals surface area contributed by atoms with Gasteiger partial charge in [-0.2, -0.15) is 15.0 Å². The topological polar surface area (TPSA) is 103 Å². The minimum absolute atomic E-state index is 0.131. The number of anilines is 3. The predicted octanol–water partition coefficient (Wildman–Crippen LogP) is 1.66. The highest BCUT2D eigenvalue weighted by molar-refractivity contribution is 5.38. The van der Waals surface area contributed by atoms with Gasteiger partial charge in [0.2, 0.25) is 17.8 Å². The van der Waals surface area contributed by atoms with Gasteiger partial charge in [-0.25, -0.2) is 0 Å². The van der Waals surface area contributed by atoms with Crippen LogP contribution in [0, 0.1) is 5.41 Å². The molecule has 5 N–H and O–H groups in total. The Kier molecular flexibility index (Phi) is 3.45. The Balaban J connectivity index is 2.82. The standard InChI is InChI=1S/C11H22N6/c1-10(2,3)6-11(4,5)17-9-15-7(12)14-8(13)16-9/h6H2,1-5H3,(H5,12,13,14,15,16,17). The molecule has 0 saturated carbocycles. The fourth-order valence-electron chi connectivity index (χ4n) is 2.14. The maximum atomic E-state index is 5.52. The van der Waals surface area contributed by atoms with Crippen LogP contribution in [0.1, 0.15) is 41.0 Å². The van der Waals surface area contributed by atoms with E-state index < -0.39 is 0 Å². The number of hydrogen-bond donors (Lipinski definition) is 3. The van der Waals surface area contributed by atoms with E-state index in [2.05, 4.69) is 54.9 Å². The summed E-state index contributed by atoms with van der Waals surface area (Å²) in [5, 5.41) is 3.23. The van der Waals surface area contributed by atoms with Gasteiger partial charge in [-0.05, 0) is 25.7 Å². The van der Waals surface area contributed by atoms with Crippen molar-refractivity contribution in [1.29, 1.82) is 0 Å². The lowest BCUT2D eigenvalue weighted by atomic mass is 9.82.